The van der Waals surface area contributed by atoms with E-state index >= 15 is 0 Å². The van der Waals surface area contributed by atoms with Gasteiger partial charge in [0.25, 0.3) is 5.91 Å². The SMILES string of the molecule is CC(C)NC(=O)c1cccc(NCC(=O)Nc2cc(Cl)c(Cl)cc2Cl)c1. The van der Waals surface area contributed by atoms with Crippen LogP contribution in [0.4, 0.5) is 11.4 Å². The average molecular weight is 415 g/mol. The maximum atomic E-state index is 12.1. The Morgan fingerprint density at radius 2 is 1.69 bits per heavy atom. The molecule has 5 nitrogen and oxygen atoms in total. The summed E-state index contributed by atoms with van der Waals surface area (Å²) in [4.78, 5) is 24.1. The Morgan fingerprint density at radius 3 is 2.38 bits per heavy atom. The quantitative estimate of drug-likeness (QED) is 0.593. The second-order valence-electron chi connectivity index (χ2n) is 5.86. The van der Waals surface area contributed by atoms with E-state index in [4.69, 9.17) is 34.8 Å². The third-order valence-corrected chi connectivity index (χ3v) is 4.32. The van der Waals surface area contributed by atoms with Crippen molar-refractivity contribution in [3.05, 3.63) is 57.0 Å². The van der Waals surface area contributed by atoms with Crippen molar-refractivity contribution < 1.29 is 9.59 Å². The van der Waals surface area contributed by atoms with Gasteiger partial charge in [0.05, 0.1) is 27.3 Å². The van der Waals surface area contributed by atoms with Crippen molar-refractivity contribution in [3.8, 4) is 0 Å². The van der Waals surface area contributed by atoms with Crippen LogP contribution in [0.5, 0.6) is 0 Å². The van der Waals surface area contributed by atoms with Crippen molar-refractivity contribution in [1.29, 1.82) is 0 Å². The molecule has 0 heterocycles. The molecule has 8 heteroatoms. The first kappa shape index (κ1) is 20.4. The van der Waals surface area contributed by atoms with Gasteiger partial charge in [-0.3, -0.25) is 9.59 Å². The summed E-state index contributed by atoms with van der Waals surface area (Å²) in [6, 6.07) is 9.89. The van der Waals surface area contributed by atoms with E-state index in [1.54, 1.807) is 24.3 Å². The molecular weight excluding hydrogens is 397 g/mol. The van der Waals surface area contributed by atoms with Crippen molar-refractivity contribution >= 4 is 58.0 Å². The fourth-order valence-corrected chi connectivity index (χ4v) is 2.71. The lowest BCUT2D eigenvalue weighted by molar-refractivity contribution is -0.114. The van der Waals surface area contributed by atoms with E-state index < -0.39 is 0 Å². The van der Waals surface area contributed by atoms with E-state index in [-0.39, 0.29) is 24.4 Å². The van der Waals surface area contributed by atoms with Gasteiger partial charge in [-0.1, -0.05) is 40.9 Å². The van der Waals surface area contributed by atoms with E-state index in [2.05, 4.69) is 16.0 Å². The Labute approximate surface area is 167 Å². The molecule has 26 heavy (non-hydrogen) atoms. The summed E-state index contributed by atoms with van der Waals surface area (Å²) < 4.78 is 0. The van der Waals surface area contributed by atoms with Gasteiger partial charge in [0, 0.05) is 17.3 Å². The third kappa shape index (κ3) is 5.80. The lowest BCUT2D eigenvalue weighted by Crippen LogP contribution is -2.30. The second kappa shape index (κ2) is 9.12. The zero-order valence-corrected chi connectivity index (χ0v) is 16.5. The predicted molar refractivity (Wildman–Crippen MR) is 108 cm³/mol. The maximum Gasteiger partial charge on any atom is 0.251 e. The predicted octanol–water partition coefficient (Wildman–Crippen LogP) is 4.84. The van der Waals surface area contributed by atoms with Crippen LogP contribution < -0.4 is 16.0 Å². The summed E-state index contributed by atoms with van der Waals surface area (Å²) >= 11 is 17.8. The molecule has 0 aliphatic carbocycles. The minimum atomic E-state index is -0.317. The van der Waals surface area contributed by atoms with Gasteiger partial charge in [-0.25, -0.2) is 0 Å². The van der Waals surface area contributed by atoms with Gasteiger partial charge in [-0.15, -0.1) is 0 Å². The van der Waals surface area contributed by atoms with Gasteiger partial charge >= 0.3 is 0 Å². The molecule has 138 valence electrons. The molecule has 0 fully saturated rings. The van der Waals surface area contributed by atoms with Crippen LogP contribution in [-0.4, -0.2) is 24.4 Å². The molecule has 0 aliphatic heterocycles. The molecule has 2 aromatic rings. The monoisotopic (exact) mass is 413 g/mol. The molecule has 0 aliphatic rings. The molecule has 2 amide bonds. The van der Waals surface area contributed by atoms with Crippen molar-refractivity contribution in [2.75, 3.05) is 17.2 Å². The number of anilines is 2. The largest absolute Gasteiger partial charge is 0.376 e. The lowest BCUT2D eigenvalue weighted by atomic mass is 10.1. The number of carbonyl (C=O) groups excluding carboxylic acids is 2. The first-order valence-electron chi connectivity index (χ1n) is 7.85. The fourth-order valence-electron chi connectivity index (χ4n) is 2.11. The minimum Gasteiger partial charge on any atom is -0.376 e. The summed E-state index contributed by atoms with van der Waals surface area (Å²) in [5, 5.41) is 9.33. The number of benzene rings is 2. The molecule has 0 radical (unpaired) electrons. The summed E-state index contributed by atoms with van der Waals surface area (Å²) in [5.74, 6) is -0.488. The average Bonchev–Trinajstić information content (AvgIpc) is 2.57. The van der Waals surface area contributed by atoms with E-state index in [0.29, 0.717) is 32.0 Å². The van der Waals surface area contributed by atoms with Crippen LogP contribution in [0.25, 0.3) is 0 Å². The summed E-state index contributed by atoms with van der Waals surface area (Å²) in [6.07, 6.45) is 0. The number of hydrogen-bond acceptors (Lipinski definition) is 3. The molecule has 0 spiro atoms. The standard InChI is InChI=1S/C18H18Cl3N3O2/c1-10(2)23-18(26)11-4-3-5-12(6-11)22-9-17(25)24-16-8-14(20)13(19)7-15(16)21/h3-8,10,22H,9H2,1-2H3,(H,23,26)(H,24,25). The van der Waals surface area contributed by atoms with E-state index in [0.717, 1.165) is 0 Å². The molecule has 0 unspecified atom stereocenters. The second-order valence-corrected chi connectivity index (χ2v) is 7.08. The van der Waals surface area contributed by atoms with Gasteiger partial charge in [-0.2, -0.15) is 0 Å². The number of halogens is 3. The highest BCUT2D eigenvalue weighted by Crippen LogP contribution is 2.32. The van der Waals surface area contributed by atoms with Gasteiger partial charge in [0.2, 0.25) is 5.91 Å². The Hall–Kier alpha value is -1.95. The minimum absolute atomic E-state index is 0.00811. The Kier molecular flexibility index (Phi) is 7.14. The fraction of sp³-hybridized carbons (Fsp3) is 0.222. The number of rotatable bonds is 6. The highest BCUT2D eigenvalue weighted by molar-refractivity contribution is 6.44. The van der Waals surface area contributed by atoms with Crippen LogP contribution in [0.1, 0.15) is 24.2 Å². The van der Waals surface area contributed by atoms with E-state index in [9.17, 15) is 9.59 Å². The van der Waals surface area contributed by atoms with E-state index in [1.807, 2.05) is 13.8 Å². The van der Waals surface area contributed by atoms with Crippen molar-refractivity contribution in [3.63, 3.8) is 0 Å². The smallest absolute Gasteiger partial charge is 0.251 e. The Bertz CT molecular complexity index is 825. The van der Waals surface area contributed by atoms with Crippen LogP contribution in [0.3, 0.4) is 0 Å². The maximum absolute atomic E-state index is 12.1. The molecule has 2 aromatic carbocycles. The lowest BCUT2D eigenvalue weighted by Gasteiger charge is -2.12. The number of amides is 2. The van der Waals surface area contributed by atoms with Gasteiger partial charge in [0.15, 0.2) is 0 Å². The van der Waals surface area contributed by atoms with Crippen molar-refractivity contribution in [1.82, 2.24) is 5.32 Å². The van der Waals surface area contributed by atoms with Gasteiger partial charge in [-0.05, 0) is 44.2 Å². The first-order chi connectivity index (χ1) is 12.3. The summed E-state index contributed by atoms with van der Waals surface area (Å²) in [5.41, 5.74) is 1.53. The molecule has 0 aromatic heterocycles. The molecule has 0 atom stereocenters. The topological polar surface area (TPSA) is 70.2 Å². The molecule has 2 rings (SSSR count). The van der Waals surface area contributed by atoms with E-state index in [1.165, 1.54) is 12.1 Å². The van der Waals surface area contributed by atoms with Crippen LogP contribution in [0.2, 0.25) is 15.1 Å². The Balaban J connectivity index is 1.97. The molecular formula is C18H18Cl3N3O2. The van der Waals surface area contributed by atoms with Gasteiger partial charge in [0.1, 0.15) is 0 Å². The highest BCUT2D eigenvalue weighted by Gasteiger charge is 2.11. The van der Waals surface area contributed by atoms with Crippen molar-refractivity contribution in [2.24, 2.45) is 0 Å². The molecule has 0 saturated heterocycles. The summed E-state index contributed by atoms with van der Waals surface area (Å²) in [6.45, 7) is 3.77. The third-order valence-electron chi connectivity index (χ3n) is 3.28. The number of nitrogens with one attached hydrogen (secondary N) is 3. The zero-order valence-electron chi connectivity index (χ0n) is 14.2. The normalized spacial score (nSPS) is 10.5. The van der Waals surface area contributed by atoms with Crippen LogP contribution >= 0.6 is 34.8 Å². The number of hydrogen-bond donors (Lipinski definition) is 3. The summed E-state index contributed by atoms with van der Waals surface area (Å²) in [7, 11) is 0. The van der Waals surface area contributed by atoms with Crippen molar-refractivity contribution in [2.45, 2.75) is 19.9 Å². The zero-order chi connectivity index (χ0) is 19.3. The molecule has 0 bridgehead atoms. The first-order valence-corrected chi connectivity index (χ1v) is 8.99. The van der Waals surface area contributed by atoms with Gasteiger partial charge < -0.3 is 16.0 Å². The highest BCUT2D eigenvalue weighted by atomic mass is 35.5. The van der Waals surface area contributed by atoms with Crippen LogP contribution in [-0.2, 0) is 4.79 Å². The van der Waals surface area contributed by atoms with Crippen LogP contribution in [0, 0.1) is 0 Å². The number of carbonyl (C=O) groups is 2. The molecule has 3 N–H and O–H groups in total. The molecule has 0 saturated carbocycles. The Morgan fingerprint density at radius 1 is 1.00 bits per heavy atom. The van der Waals surface area contributed by atoms with Crippen LogP contribution in [0.15, 0.2) is 36.4 Å².